The molecule has 7 nitrogen and oxygen atoms in total. The largest absolute Gasteiger partial charge is 0.381 e. The smallest absolute Gasteiger partial charge is 0.351 e. The van der Waals surface area contributed by atoms with Crippen LogP contribution in [0.1, 0.15) is 15.9 Å². The number of hydrogen-bond acceptors (Lipinski definition) is 5. The molecule has 4 aromatic rings. The minimum Gasteiger partial charge on any atom is -0.381 e. The minimum absolute atomic E-state index is 0.184. The lowest BCUT2D eigenvalue weighted by molar-refractivity contribution is 0.112. The SMILES string of the molecule is Nc1nc2ccccc2n2c(=O)n(Cc3ccccc3C=O)nc12. The van der Waals surface area contributed by atoms with E-state index in [9.17, 15) is 9.59 Å². The summed E-state index contributed by atoms with van der Waals surface area (Å²) in [4.78, 5) is 28.2. The van der Waals surface area contributed by atoms with Crippen molar-refractivity contribution in [3.8, 4) is 0 Å². The lowest BCUT2D eigenvalue weighted by Crippen LogP contribution is -2.22. The molecule has 0 fully saturated rings. The number of rotatable bonds is 3. The number of nitrogens with zero attached hydrogens (tertiary/aromatic N) is 4. The predicted octanol–water partition coefficient (Wildman–Crippen LogP) is 1.49. The number of anilines is 1. The molecule has 2 N–H and O–H groups in total. The Kier molecular flexibility index (Phi) is 3.13. The second kappa shape index (κ2) is 5.31. The Bertz CT molecular complexity index is 1140. The highest BCUT2D eigenvalue weighted by Gasteiger charge is 2.15. The highest BCUT2D eigenvalue weighted by Crippen LogP contribution is 2.16. The summed E-state index contributed by atoms with van der Waals surface area (Å²) in [6.07, 6.45) is 0.765. The summed E-state index contributed by atoms with van der Waals surface area (Å²) in [5.74, 6) is 0.188. The summed E-state index contributed by atoms with van der Waals surface area (Å²) in [5.41, 5.74) is 8.44. The molecule has 0 radical (unpaired) electrons. The Labute approximate surface area is 136 Å². The number of aldehydes is 1. The van der Waals surface area contributed by atoms with E-state index in [-0.39, 0.29) is 18.1 Å². The maximum Gasteiger partial charge on any atom is 0.351 e. The monoisotopic (exact) mass is 319 g/mol. The van der Waals surface area contributed by atoms with Crippen molar-refractivity contribution in [2.45, 2.75) is 6.54 Å². The number of carbonyl (C=O) groups is 1. The van der Waals surface area contributed by atoms with Gasteiger partial charge in [0.05, 0.1) is 17.6 Å². The van der Waals surface area contributed by atoms with Crippen molar-refractivity contribution in [2.75, 3.05) is 5.73 Å². The van der Waals surface area contributed by atoms with E-state index in [1.54, 1.807) is 30.3 Å². The summed E-state index contributed by atoms with van der Waals surface area (Å²) in [6.45, 7) is 0.184. The van der Waals surface area contributed by atoms with Gasteiger partial charge in [0.1, 0.15) is 6.29 Å². The van der Waals surface area contributed by atoms with Gasteiger partial charge in [-0.3, -0.25) is 4.79 Å². The molecule has 0 aliphatic carbocycles. The van der Waals surface area contributed by atoms with Crippen LogP contribution in [0.15, 0.2) is 53.3 Å². The molecule has 24 heavy (non-hydrogen) atoms. The Hall–Kier alpha value is -3.48. The summed E-state index contributed by atoms with van der Waals surface area (Å²) in [5, 5.41) is 4.30. The molecule has 0 bridgehead atoms. The van der Waals surface area contributed by atoms with E-state index in [1.807, 2.05) is 18.2 Å². The fraction of sp³-hybridized carbons (Fsp3) is 0.0588. The van der Waals surface area contributed by atoms with E-state index in [2.05, 4.69) is 10.1 Å². The first-order chi connectivity index (χ1) is 11.7. The molecule has 0 aliphatic heterocycles. The number of nitrogens with two attached hydrogens (primary N) is 1. The Morgan fingerprint density at radius 1 is 1.08 bits per heavy atom. The summed E-state index contributed by atoms with van der Waals surface area (Å²) in [7, 11) is 0. The third-order valence-electron chi connectivity index (χ3n) is 3.93. The molecule has 0 amide bonds. The molecular formula is C17H13N5O2. The van der Waals surface area contributed by atoms with E-state index in [0.717, 1.165) is 6.29 Å². The van der Waals surface area contributed by atoms with Crippen LogP contribution in [0, 0.1) is 0 Å². The summed E-state index contributed by atoms with van der Waals surface area (Å²) < 4.78 is 2.74. The van der Waals surface area contributed by atoms with Gasteiger partial charge in [-0.15, -0.1) is 5.10 Å². The van der Waals surface area contributed by atoms with Crippen molar-refractivity contribution in [3.63, 3.8) is 0 Å². The van der Waals surface area contributed by atoms with Crippen LogP contribution in [0.3, 0.4) is 0 Å². The van der Waals surface area contributed by atoms with Crippen LogP contribution in [0.4, 0.5) is 5.82 Å². The average molecular weight is 319 g/mol. The minimum atomic E-state index is -0.323. The van der Waals surface area contributed by atoms with Gasteiger partial charge in [-0.2, -0.15) is 0 Å². The number of aromatic nitrogens is 4. The van der Waals surface area contributed by atoms with Crippen molar-refractivity contribution in [3.05, 3.63) is 70.1 Å². The molecule has 4 rings (SSSR count). The Morgan fingerprint density at radius 3 is 2.67 bits per heavy atom. The zero-order chi connectivity index (χ0) is 16.7. The normalized spacial score (nSPS) is 11.2. The Morgan fingerprint density at radius 2 is 1.83 bits per heavy atom. The maximum absolute atomic E-state index is 12.8. The fourth-order valence-electron chi connectivity index (χ4n) is 2.78. The summed E-state index contributed by atoms with van der Waals surface area (Å²) >= 11 is 0. The van der Waals surface area contributed by atoms with Gasteiger partial charge in [-0.1, -0.05) is 36.4 Å². The van der Waals surface area contributed by atoms with Crippen LogP contribution >= 0.6 is 0 Å². The third kappa shape index (κ3) is 2.06. The van der Waals surface area contributed by atoms with Gasteiger partial charge in [0, 0.05) is 5.56 Å². The molecule has 0 saturated carbocycles. The third-order valence-corrected chi connectivity index (χ3v) is 3.93. The van der Waals surface area contributed by atoms with Gasteiger partial charge in [0.15, 0.2) is 5.82 Å². The molecule has 0 saturated heterocycles. The number of nitrogen functional groups attached to an aromatic ring is 1. The van der Waals surface area contributed by atoms with Gasteiger partial charge < -0.3 is 5.73 Å². The molecule has 0 aliphatic rings. The van der Waals surface area contributed by atoms with Crippen molar-refractivity contribution in [1.29, 1.82) is 0 Å². The molecular weight excluding hydrogens is 306 g/mol. The number of hydrogen-bond donors (Lipinski definition) is 1. The van der Waals surface area contributed by atoms with E-state index >= 15 is 0 Å². The summed E-state index contributed by atoms with van der Waals surface area (Å²) in [6, 6.07) is 14.3. The quantitative estimate of drug-likeness (QED) is 0.577. The molecule has 0 spiro atoms. The molecule has 0 atom stereocenters. The van der Waals surface area contributed by atoms with Crippen LogP contribution in [-0.4, -0.2) is 25.5 Å². The van der Waals surface area contributed by atoms with Gasteiger partial charge in [0.2, 0.25) is 5.65 Å². The van der Waals surface area contributed by atoms with Gasteiger partial charge in [-0.25, -0.2) is 18.9 Å². The van der Waals surface area contributed by atoms with Crippen LogP contribution in [-0.2, 0) is 6.54 Å². The number of benzene rings is 2. The highest BCUT2D eigenvalue weighted by molar-refractivity contribution is 5.81. The second-order valence-electron chi connectivity index (χ2n) is 5.40. The first-order valence-corrected chi connectivity index (χ1v) is 7.36. The van der Waals surface area contributed by atoms with Crippen molar-refractivity contribution >= 4 is 28.8 Å². The van der Waals surface area contributed by atoms with Gasteiger partial charge in [0.25, 0.3) is 0 Å². The average Bonchev–Trinajstić information content (AvgIpc) is 2.93. The predicted molar refractivity (Wildman–Crippen MR) is 90.1 cm³/mol. The van der Waals surface area contributed by atoms with Crippen LogP contribution in [0.5, 0.6) is 0 Å². The van der Waals surface area contributed by atoms with Gasteiger partial charge >= 0.3 is 5.69 Å². The lowest BCUT2D eigenvalue weighted by Gasteiger charge is -2.02. The zero-order valence-electron chi connectivity index (χ0n) is 12.6. The topological polar surface area (TPSA) is 95.3 Å². The van der Waals surface area contributed by atoms with Crippen LogP contribution in [0.25, 0.3) is 16.7 Å². The molecule has 2 heterocycles. The molecule has 0 unspecified atom stereocenters. The Balaban J connectivity index is 1.96. The van der Waals surface area contributed by atoms with Crippen molar-refractivity contribution in [2.24, 2.45) is 0 Å². The zero-order valence-corrected chi connectivity index (χ0v) is 12.6. The maximum atomic E-state index is 12.8. The van der Waals surface area contributed by atoms with E-state index in [1.165, 1.54) is 9.08 Å². The van der Waals surface area contributed by atoms with E-state index < -0.39 is 0 Å². The molecule has 7 heteroatoms. The fourth-order valence-corrected chi connectivity index (χ4v) is 2.78. The standard InChI is InChI=1S/C17H13N5O2/c18-15-16-20-21(9-11-5-1-2-6-12(11)10-23)17(24)22(16)14-8-4-3-7-13(14)19-15/h1-8,10H,9H2,(H2,18,19). The van der Waals surface area contributed by atoms with E-state index in [0.29, 0.717) is 27.8 Å². The first kappa shape index (κ1) is 14.1. The lowest BCUT2D eigenvalue weighted by atomic mass is 10.1. The second-order valence-corrected chi connectivity index (χ2v) is 5.40. The molecule has 118 valence electrons. The van der Waals surface area contributed by atoms with Gasteiger partial charge in [-0.05, 0) is 17.7 Å². The highest BCUT2D eigenvalue weighted by atomic mass is 16.2. The number of fused-ring (bicyclic) bond motifs is 3. The number of carbonyl (C=O) groups excluding carboxylic acids is 1. The molecule has 2 aromatic carbocycles. The molecule has 2 aromatic heterocycles. The van der Waals surface area contributed by atoms with Crippen molar-refractivity contribution < 1.29 is 4.79 Å². The first-order valence-electron chi connectivity index (χ1n) is 7.36. The van der Waals surface area contributed by atoms with Crippen LogP contribution in [0.2, 0.25) is 0 Å². The van der Waals surface area contributed by atoms with Crippen LogP contribution < -0.4 is 11.4 Å². The van der Waals surface area contributed by atoms with E-state index in [4.69, 9.17) is 5.73 Å². The van der Waals surface area contributed by atoms with Crippen molar-refractivity contribution in [1.82, 2.24) is 19.2 Å². The number of para-hydroxylation sites is 2.